The largest absolute Gasteiger partial charge is 0.489 e. The highest BCUT2D eigenvalue weighted by molar-refractivity contribution is 5.98. The van der Waals surface area contributed by atoms with Gasteiger partial charge in [-0.15, -0.1) is 0 Å². The van der Waals surface area contributed by atoms with Gasteiger partial charge in [0.15, 0.2) is 0 Å². The molecule has 0 aliphatic carbocycles. The first-order valence-electron chi connectivity index (χ1n) is 10.9. The van der Waals surface area contributed by atoms with E-state index in [9.17, 15) is 9.90 Å². The summed E-state index contributed by atoms with van der Waals surface area (Å²) in [6.07, 6.45) is 0. The molecule has 0 fully saturated rings. The number of ether oxygens (including phenoxy) is 1. The van der Waals surface area contributed by atoms with Gasteiger partial charge in [-0.2, -0.15) is 0 Å². The second kappa shape index (κ2) is 9.94. The summed E-state index contributed by atoms with van der Waals surface area (Å²) >= 11 is 0. The van der Waals surface area contributed by atoms with E-state index in [1.54, 1.807) is 24.3 Å². The Balaban J connectivity index is 1.73. The van der Waals surface area contributed by atoms with Gasteiger partial charge in [0.05, 0.1) is 17.4 Å². The van der Waals surface area contributed by atoms with Crippen LogP contribution in [0.2, 0.25) is 0 Å². The van der Waals surface area contributed by atoms with Crippen molar-refractivity contribution in [1.82, 2.24) is 4.90 Å². The van der Waals surface area contributed by atoms with Gasteiger partial charge in [-0.3, -0.25) is 4.79 Å². The summed E-state index contributed by atoms with van der Waals surface area (Å²) in [5.74, 6) is 0.584. The molecule has 33 heavy (non-hydrogen) atoms. The van der Waals surface area contributed by atoms with Gasteiger partial charge >= 0.3 is 0 Å². The van der Waals surface area contributed by atoms with E-state index in [0.29, 0.717) is 52.1 Å². The summed E-state index contributed by atoms with van der Waals surface area (Å²) in [7, 11) is 5.86. The third-order valence-corrected chi connectivity index (χ3v) is 5.60. The third kappa shape index (κ3) is 4.79. The van der Waals surface area contributed by atoms with E-state index in [4.69, 9.17) is 9.15 Å². The number of anilines is 2. The summed E-state index contributed by atoms with van der Waals surface area (Å²) < 4.78 is 12.1. The maximum atomic E-state index is 13.5. The van der Waals surface area contributed by atoms with Crippen LogP contribution in [-0.4, -0.2) is 44.2 Å². The van der Waals surface area contributed by atoms with Crippen LogP contribution in [0, 0.1) is 0 Å². The number of rotatable bonds is 9. The number of benzene rings is 3. The molecule has 1 heterocycles. The van der Waals surface area contributed by atoms with Crippen molar-refractivity contribution in [2.75, 3.05) is 44.9 Å². The number of aliphatic hydroxyl groups is 1. The fourth-order valence-electron chi connectivity index (χ4n) is 3.81. The van der Waals surface area contributed by atoms with Crippen LogP contribution in [-0.2, 0) is 13.2 Å². The number of nitrogens with one attached hydrogen (secondary N) is 2. The summed E-state index contributed by atoms with van der Waals surface area (Å²) in [4.78, 5) is 15.6. The zero-order chi connectivity index (χ0) is 23.4. The minimum atomic E-state index is -0.213. The summed E-state index contributed by atoms with van der Waals surface area (Å²) in [5.41, 5.74) is 3.98. The molecule has 4 rings (SSSR count). The Hall–Kier alpha value is -3.55. The van der Waals surface area contributed by atoms with Gasteiger partial charge < -0.3 is 29.8 Å². The number of hydrogen-bond donors (Lipinski definition) is 3. The Morgan fingerprint density at radius 2 is 1.85 bits per heavy atom. The van der Waals surface area contributed by atoms with Crippen LogP contribution >= 0.6 is 0 Å². The van der Waals surface area contributed by atoms with Gasteiger partial charge in [-0.05, 0) is 44.4 Å². The van der Waals surface area contributed by atoms with E-state index < -0.39 is 0 Å². The second-order valence-electron chi connectivity index (χ2n) is 8.15. The van der Waals surface area contributed by atoms with Gasteiger partial charge in [-0.25, -0.2) is 0 Å². The van der Waals surface area contributed by atoms with Crippen molar-refractivity contribution in [1.29, 1.82) is 0 Å². The smallest absolute Gasteiger partial charge is 0.202 e. The van der Waals surface area contributed by atoms with Crippen molar-refractivity contribution >= 4 is 33.3 Å². The topological polar surface area (TPSA) is 87.0 Å². The maximum Gasteiger partial charge on any atom is 0.202 e. The quantitative estimate of drug-likeness (QED) is 0.334. The van der Waals surface area contributed by atoms with Gasteiger partial charge in [0.2, 0.25) is 5.43 Å². The van der Waals surface area contributed by atoms with Gasteiger partial charge in [0.25, 0.3) is 0 Å². The summed E-state index contributed by atoms with van der Waals surface area (Å²) in [6, 6.07) is 16.8. The predicted molar refractivity (Wildman–Crippen MR) is 133 cm³/mol. The fraction of sp³-hybridized carbons (Fsp3) is 0.269. The van der Waals surface area contributed by atoms with Crippen molar-refractivity contribution in [3.8, 4) is 5.75 Å². The molecule has 0 aliphatic rings. The van der Waals surface area contributed by atoms with Crippen LogP contribution in [0.3, 0.4) is 0 Å². The average Bonchev–Trinajstić information content (AvgIpc) is 2.83. The zero-order valence-corrected chi connectivity index (χ0v) is 19.1. The molecule has 0 atom stereocenters. The van der Waals surface area contributed by atoms with E-state index in [1.807, 2.05) is 51.5 Å². The Morgan fingerprint density at radius 1 is 1.03 bits per heavy atom. The van der Waals surface area contributed by atoms with Crippen LogP contribution in [0.15, 0.2) is 63.8 Å². The lowest BCUT2D eigenvalue weighted by Crippen LogP contribution is -2.21. The van der Waals surface area contributed by atoms with E-state index in [1.165, 1.54) is 0 Å². The van der Waals surface area contributed by atoms with Crippen LogP contribution < -0.4 is 20.8 Å². The Labute approximate surface area is 192 Å². The number of hydrogen-bond acceptors (Lipinski definition) is 7. The number of aliphatic hydroxyl groups excluding tert-OH is 1. The van der Waals surface area contributed by atoms with Crippen molar-refractivity contribution in [3.05, 3.63) is 75.9 Å². The highest BCUT2D eigenvalue weighted by Gasteiger charge is 2.16. The molecule has 0 unspecified atom stereocenters. The number of para-hydroxylation sites is 1. The van der Waals surface area contributed by atoms with Crippen molar-refractivity contribution in [2.45, 2.75) is 13.2 Å². The SMILES string of the molecule is CNc1ccccc1COc1ccc2oc3c(CO)ccc(NCCN(C)C)c3c(=O)c2c1. The molecule has 3 aromatic carbocycles. The molecule has 7 heteroatoms. The normalized spacial score (nSPS) is 11.3. The Bertz CT molecular complexity index is 1330. The lowest BCUT2D eigenvalue weighted by Gasteiger charge is -2.15. The van der Waals surface area contributed by atoms with Gasteiger partial charge in [0, 0.05) is 42.6 Å². The second-order valence-corrected chi connectivity index (χ2v) is 8.15. The number of fused-ring (bicyclic) bond motifs is 2. The number of likely N-dealkylation sites (N-methyl/N-ethyl adjacent to an activating group) is 1. The summed E-state index contributed by atoms with van der Waals surface area (Å²) in [6.45, 7) is 1.64. The van der Waals surface area contributed by atoms with Crippen LogP contribution in [0.5, 0.6) is 5.75 Å². The monoisotopic (exact) mass is 447 g/mol. The Kier molecular flexibility index (Phi) is 6.82. The first-order valence-corrected chi connectivity index (χ1v) is 10.9. The molecule has 7 nitrogen and oxygen atoms in total. The molecule has 0 aliphatic heterocycles. The first kappa shape index (κ1) is 22.6. The maximum absolute atomic E-state index is 13.5. The van der Waals surface area contributed by atoms with Crippen molar-refractivity contribution in [2.24, 2.45) is 0 Å². The first-order chi connectivity index (χ1) is 16.0. The minimum absolute atomic E-state index is 0.157. The molecule has 0 saturated carbocycles. The summed E-state index contributed by atoms with van der Waals surface area (Å²) in [5, 5.41) is 17.1. The van der Waals surface area contributed by atoms with E-state index in [-0.39, 0.29) is 12.0 Å². The average molecular weight is 448 g/mol. The van der Waals surface area contributed by atoms with Crippen molar-refractivity contribution in [3.63, 3.8) is 0 Å². The van der Waals surface area contributed by atoms with Crippen LogP contribution in [0.25, 0.3) is 21.9 Å². The molecular weight excluding hydrogens is 418 g/mol. The zero-order valence-electron chi connectivity index (χ0n) is 19.1. The fourth-order valence-corrected chi connectivity index (χ4v) is 3.81. The molecule has 0 amide bonds. The third-order valence-electron chi connectivity index (χ3n) is 5.60. The highest BCUT2D eigenvalue weighted by atomic mass is 16.5. The van der Waals surface area contributed by atoms with Gasteiger partial charge in [0.1, 0.15) is 23.5 Å². The molecular formula is C26H29N3O4. The predicted octanol–water partition coefficient (Wildman–Crippen LogP) is 4.03. The van der Waals surface area contributed by atoms with Crippen molar-refractivity contribution < 1.29 is 14.3 Å². The van der Waals surface area contributed by atoms with E-state index in [2.05, 4.69) is 15.5 Å². The highest BCUT2D eigenvalue weighted by Crippen LogP contribution is 2.30. The van der Waals surface area contributed by atoms with E-state index >= 15 is 0 Å². The molecule has 3 N–H and O–H groups in total. The molecule has 1 aromatic heterocycles. The van der Waals surface area contributed by atoms with Gasteiger partial charge in [-0.1, -0.05) is 24.3 Å². The standard InChI is InChI=1S/C26H29N3O4/c1-27-21-7-5-4-6-18(21)16-32-19-9-11-23-20(14-19)25(31)24-22(28-12-13-29(2)3)10-8-17(15-30)26(24)33-23/h4-11,14,27-28,30H,12-13,15-16H2,1-3H3. The van der Waals surface area contributed by atoms with Crippen LogP contribution in [0.4, 0.5) is 11.4 Å². The van der Waals surface area contributed by atoms with Crippen LogP contribution in [0.1, 0.15) is 11.1 Å². The molecule has 4 aromatic rings. The molecule has 0 bridgehead atoms. The minimum Gasteiger partial charge on any atom is -0.489 e. The lowest BCUT2D eigenvalue weighted by molar-refractivity contribution is 0.282. The molecule has 0 saturated heterocycles. The molecule has 0 radical (unpaired) electrons. The Morgan fingerprint density at radius 3 is 2.61 bits per heavy atom. The molecule has 0 spiro atoms. The lowest BCUT2D eigenvalue weighted by atomic mass is 10.1. The van der Waals surface area contributed by atoms with E-state index in [0.717, 1.165) is 17.8 Å². The molecule has 172 valence electrons. The number of nitrogens with zero attached hydrogens (tertiary/aromatic N) is 1.